The maximum absolute atomic E-state index is 2.63. The summed E-state index contributed by atoms with van der Waals surface area (Å²) in [5.74, 6) is 0. The van der Waals surface area contributed by atoms with Gasteiger partial charge in [0.25, 0.3) is 0 Å². The van der Waals surface area contributed by atoms with E-state index >= 15 is 0 Å². The van der Waals surface area contributed by atoms with Gasteiger partial charge in [-0.2, -0.15) is 0 Å². The third-order valence-corrected chi connectivity index (χ3v) is 16.6. The van der Waals surface area contributed by atoms with E-state index in [1.54, 1.807) is 0 Å². The Morgan fingerprint density at radius 1 is 0.292 bits per heavy atom. The first-order chi connectivity index (χ1) is 35.0. The zero-order chi connectivity index (χ0) is 48.7. The second-order valence-corrected chi connectivity index (χ2v) is 22.3. The van der Waals surface area contributed by atoms with Crippen molar-refractivity contribution in [2.75, 3.05) is 0 Å². The normalized spacial score (nSPS) is 13.5. The minimum Gasteiger partial charge on any atom is -0.309 e. The van der Waals surface area contributed by atoms with Gasteiger partial charge in [-0.25, -0.2) is 0 Å². The van der Waals surface area contributed by atoms with Crippen LogP contribution < -0.4 is 0 Å². The summed E-state index contributed by atoms with van der Waals surface area (Å²) in [4.78, 5) is 0. The summed E-state index contributed by atoms with van der Waals surface area (Å²) in [6.45, 7) is 14.9. The third kappa shape index (κ3) is 5.77. The monoisotopic (exact) mass is 921 g/mol. The van der Waals surface area contributed by atoms with Gasteiger partial charge in [-0.1, -0.05) is 224 Å². The lowest BCUT2D eigenvalue weighted by molar-refractivity contribution is 0.0965. The quantitative estimate of drug-likeness (QED) is 0.122. The molecule has 1 aromatic heterocycles. The maximum atomic E-state index is 2.63. The van der Waals surface area contributed by atoms with Crippen molar-refractivity contribution in [3.8, 4) is 50.2 Å². The number of para-hydroxylation sites is 2. The van der Waals surface area contributed by atoms with Crippen LogP contribution in [-0.2, 0) is 5.41 Å². The van der Waals surface area contributed by atoms with Gasteiger partial charge in [0.1, 0.15) is 0 Å². The van der Waals surface area contributed by atoms with Gasteiger partial charge in [0.05, 0.1) is 11.0 Å². The number of benzene rings is 12. The molecule has 1 aliphatic carbocycles. The van der Waals surface area contributed by atoms with Crippen molar-refractivity contribution >= 4 is 75.7 Å². The highest BCUT2D eigenvalue weighted by molar-refractivity contribution is 6.24. The fourth-order valence-corrected chi connectivity index (χ4v) is 14.4. The summed E-state index contributed by atoms with van der Waals surface area (Å²) < 4.78 is 2.40. The highest BCUT2D eigenvalue weighted by atomic mass is 15.0. The van der Waals surface area contributed by atoms with Crippen molar-refractivity contribution in [2.45, 2.75) is 47.0 Å². The second kappa shape index (κ2) is 15.4. The fourth-order valence-electron chi connectivity index (χ4n) is 14.4. The van der Waals surface area contributed by atoms with Crippen molar-refractivity contribution < 1.29 is 0 Å². The largest absolute Gasteiger partial charge is 0.309 e. The van der Waals surface area contributed by atoms with Crippen LogP contribution in [0.2, 0.25) is 0 Å². The van der Waals surface area contributed by atoms with Gasteiger partial charge in [0.2, 0.25) is 0 Å². The van der Waals surface area contributed by atoms with E-state index in [0.29, 0.717) is 0 Å². The number of hydrogen-bond donors (Lipinski definition) is 0. The first kappa shape index (κ1) is 42.6. The van der Waals surface area contributed by atoms with Crippen molar-refractivity contribution in [3.63, 3.8) is 0 Å². The van der Waals surface area contributed by atoms with Crippen LogP contribution in [0.4, 0.5) is 0 Å². The Hall–Kier alpha value is -8.26. The molecule has 344 valence electrons. The molecule has 0 bridgehead atoms. The van der Waals surface area contributed by atoms with E-state index < -0.39 is 0 Å². The zero-order valence-electron chi connectivity index (χ0n) is 41.8. The highest BCUT2D eigenvalue weighted by Gasteiger charge is 2.59. The van der Waals surface area contributed by atoms with E-state index in [9.17, 15) is 0 Å². The van der Waals surface area contributed by atoms with Crippen LogP contribution >= 0.6 is 0 Å². The smallest absolute Gasteiger partial charge is 0.0541 e. The molecule has 1 heterocycles. The Morgan fingerprint density at radius 2 is 0.722 bits per heavy atom. The number of fused-ring (bicyclic) bond motifs is 15. The Bertz CT molecular complexity index is 4330. The van der Waals surface area contributed by atoms with Gasteiger partial charge in [0.15, 0.2) is 0 Å². The van der Waals surface area contributed by atoms with Gasteiger partial charge >= 0.3 is 0 Å². The topological polar surface area (TPSA) is 4.93 Å². The zero-order valence-corrected chi connectivity index (χ0v) is 41.8. The molecule has 0 aliphatic heterocycles. The van der Waals surface area contributed by atoms with Crippen molar-refractivity contribution in [1.29, 1.82) is 0 Å². The van der Waals surface area contributed by atoms with E-state index in [1.807, 2.05) is 0 Å². The van der Waals surface area contributed by atoms with E-state index in [1.165, 1.54) is 137 Å². The van der Waals surface area contributed by atoms with Crippen LogP contribution in [-0.4, -0.2) is 4.57 Å². The third-order valence-electron chi connectivity index (χ3n) is 16.6. The summed E-state index contributed by atoms with van der Waals surface area (Å²) in [6, 6.07) is 84.5. The lowest BCUT2D eigenvalue weighted by Crippen LogP contribution is -2.50. The highest BCUT2D eigenvalue weighted by Crippen LogP contribution is 2.68. The molecule has 0 saturated heterocycles. The molecule has 0 spiro atoms. The molecule has 14 rings (SSSR count). The van der Waals surface area contributed by atoms with Crippen molar-refractivity contribution in [2.24, 2.45) is 10.8 Å². The van der Waals surface area contributed by atoms with Crippen LogP contribution in [0.25, 0.3) is 126 Å². The fraction of sp³-hybridized carbons (Fsp3) is 0.127. The standard InChI is InChI=1S/C71H55N/c1-69(2,3)71(70(4,5)6)61-43-59(50-29-11-13-31-52(50)66(61)67-53-32-14-10-27-48(53)49-28-12-19-37-58(49)68(67)71)44-23-22-24-45(41-44)64-54-33-15-17-35-56(54)65(57-36-18-16-34-55(57)64)46-39-40-63-60(42-46)51-30-20-21-38-62(51)72(63)47-25-8-7-9-26-47/h7-43H,1-6H3. The summed E-state index contributed by atoms with van der Waals surface area (Å²) in [6.07, 6.45) is 0. The van der Waals surface area contributed by atoms with Gasteiger partial charge < -0.3 is 4.57 Å². The van der Waals surface area contributed by atoms with Gasteiger partial charge in [0, 0.05) is 21.9 Å². The number of nitrogens with zero attached hydrogens (tertiary/aromatic N) is 1. The summed E-state index contributed by atoms with van der Waals surface area (Å²) >= 11 is 0. The Kier molecular flexibility index (Phi) is 9.09. The average molecular weight is 922 g/mol. The molecule has 72 heavy (non-hydrogen) atoms. The minimum absolute atomic E-state index is 0.152. The predicted molar refractivity (Wildman–Crippen MR) is 310 cm³/mol. The molecule has 1 heteroatoms. The van der Waals surface area contributed by atoms with Crippen molar-refractivity contribution in [1.82, 2.24) is 4.57 Å². The van der Waals surface area contributed by atoms with E-state index in [0.717, 1.165) is 0 Å². The number of hydrogen-bond acceptors (Lipinski definition) is 0. The molecular weight excluding hydrogens is 867 g/mol. The lowest BCUT2D eigenvalue weighted by Gasteiger charge is -2.53. The van der Waals surface area contributed by atoms with Crippen LogP contribution in [0.5, 0.6) is 0 Å². The summed E-state index contributed by atoms with van der Waals surface area (Å²) in [5.41, 5.74) is 16.1. The Labute approximate surface area is 421 Å². The van der Waals surface area contributed by atoms with E-state index in [2.05, 4.69) is 271 Å². The van der Waals surface area contributed by atoms with Crippen molar-refractivity contribution in [3.05, 3.63) is 236 Å². The summed E-state index contributed by atoms with van der Waals surface area (Å²) in [7, 11) is 0. The maximum Gasteiger partial charge on any atom is 0.0541 e. The molecule has 12 aromatic carbocycles. The molecule has 0 amide bonds. The molecule has 0 unspecified atom stereocenters. The first-order valence-corrected chi connectivity index (χ1v) is 25.7. The molecule has 0 radical (unpaired) electrons. The van der Waals surface area contributed by atoms with Gasteiger partial charge in [-0.05, 0) is 163 Å². The molecule has 0 atom stereocenters. The van der Waals surface area contributed by atoms with Crippen LogP contribution in [0.1, 0.15) is 52.7 Å². The average Bonchev–Trinajstić information content (AvgIpc) is 3.94. The lowest BCUT2D eigenvalue weighted by atomic mass is 9.49. The molecule has 0 saturated carbocycles. The molecule has 0 N–H and O–H groups in total. The molecule has 1 aliphatic rings. The second-order valence-electron chi connectivity index (χ2n) is 22.3. The SMILES string of the molecule is CC(C)(C)C1(C(C)(C)C)c2cc(-c3cccc(-c4c5ccccc5c(-c5ccc6c(c5)c5ccccc5n6-c5ccccc5)c5ccccc45)c3)c3ccccc3c2-c2c1c1ccccc1c1ccccc21. The Balaban J connectivity index is 1.02. The minimum atomic E-state index is -0.341. The van der Waals surface area contributed by atoms with E-state index in [4.69, 9.17) is 0 Å². The first-order valence-electron chi connectivity index (χ1n) is 25.7. The van der Waals surface area contributed by atoms with Gasteiger partial charge in [-0.15, -0.1) is 0 Å². The Morgan fingerprint density at radius 3 is 1.31 bits per heavy atom. The van der Waals surface area contributed by atoms with Crippen LogP contribution in [0.3, 0.4) is 0 Å². The molecular formula is C71H55N. The van der Waals surface area contributed by atoms with Crippen LogP contribution in [0, 0.1) is 10.8 Å². The molecule has 13 aromatic rings. The van der Waals surface area contributed by atoms with Gasteiger partial charge in [-0.3, -0.25) is 0 Å². The number of aromatic nitrogens is 1. The summed E-state index contributed by atoms with van der Waals surface area (Å²) in [5, 5.41) is 15.5. The molecule has 0 fully saturated rings. The van der Waals surface area contributed by atoms with E-state index in [-0.39, 0.29) is 16.2 Å². The predicted octanol–water partition coefficient (Wildman–Crippen LogP) is 19.9. The number of rotatable bonds is 4. The van der Waals surface area contributed by atoms with Crippen LogP contribution in [0.15, 0.2) is 224 Å². The molecule has 1 nitrogen and oxygen atoms in total.